The fourth-order valence-corrected chi connectivity index (χ4v) is 2.76. The number of fused-ring (bicyclic) bond motifs is 2. The van der Waals surface area contributed by atoms with Crippen LogP contribution in [0.15, 0.2) is 57.7 Å². The number of halogens is 1. The first kappa shape index (κ1) is 12.8. The SMILES string of the molecule is O=C1N[C@H](c2ccc(F)cc2)c2c1oc1ccccc1c2=O. The average molecular weight is 295 g/mol. The van der Waals surface area contributed by atoms with Crippen molar-refractivity contribution in [3.63, 3.8) is 0 Å². The van der Waals surface area contributed by atoms with Crippen molar-refractivity contribution in [3.8, 4) is 0 Å². The molecule has 0 radical (unpaired) electrons. The number of rotatable bonds is 1. The van der Waals surface area contributed by atoms with Crippen LogP contribution in [0.2, 0.25) is 0 Å². The third kappa shape index (κ3) is 1.75. The molecule has 0 spiro atoms. The van der Waals surface area contributed by atoms with Gasteiger partial charge in [0.15, 0.2) is 5.43 Å². The Morgan fingerprint density at radius 1 is 1.00 bits per heavy atom. The molecule has 0 fully saturated rings. The van der Waals surface area contributed by atoms with Crippen LogP contribution in [-0.2, 0) is 0 Å². The molecule has 4 rings (SSSR count). The molecule has 1 amide bonds. The van der Waals surface area contributed by atoms with Crippen LogP contribution in [0.1, 0.15) is 27.7 Å². The van der Waals surface area contributed by atoms with E-state index < -0.39 is 11.9 Å². The molecule has 2 aromatic carbocycles. The van der Waals surface area contributed by atoms with Crippen LogP contribution in [-0.4, -0.2) is 5.91 Å². The van der Waals surface area contributed by atoms with Crippen LogP contribution in [0, 0.1) is 5.82 Å². The third-order valence-corrected chi connectivity index (χ3v) is 3.81. The Bertz CT molecular complexity index is 960. The molecule has 0 saturated carbocycles. The number of para-hydroxylation sites is 1. The maximum atomic E-state index is 13.1. The van der Waals surface area contributed by atoms with Gasteiger partial charge in [0.2, 0.25) is 5.76 Å². The second kappa shape index (κ2) is 4.53. The predicted octanol–water partition coefficient (Wildman–Crippen LogP) is 2.76. The number of carbonyl (C=O) groups is 1. The van der Waals surface area contributed by atoms with Gasteiger partial charge in [-0.2, -0.15) is 0 Å². The van der Waals surface area contributed by atoms with Crippen LogP contribution in [0.25, 0.3) is 11.0 Å². The minimum atomic E-state index is -0.621. The summed E-state index contributed by atoms with van der Waals surface area (Å²) >= 11 is 0. The van der Waals surface area contributed by atoms with E-state index in [1.54, 1.807) is 36.4 Å². The molecule has 108 valence electrons. The van der Waals surface area contributed by atoms with Gasteiger partial charge in [0.25, 0.3) is 5.91 Å². The van der Waals surface area contributed by atoms with Gasteiger partial charge in [-0.05, 0) is 29.8 Å². The fraction of sp³-hybridized carbons (Fsp3) is 0.0588. The maximum Gasteiger partial charge on any atom is 0.288 e. The maximum absolute atomic E-state index is 13.1. The highest BCUT2D eigenvalue weighted by atomic mass is 19.1. The van der Waals surface area contributed by atoms with E-state index in [1.165, 1.54) is 12.1 Å². The molecular weight excluding hydrogens is 285 g/mol. The summed E-state index contributed by atoms with van der Waals surface area (Å²) in [6.07, 6.45) is 0. The second-order valence-corrected chi connectivity index (χ2v) is 5.13. The number of nitrogens with one attached hydrogen (secondary N) is 1. The van der Waals surface area contributed by atoms with Crippen LogP contribution in [0.4, 0.5) is 4.39 Å². The van der Waals surface area contributed by atoms with Crippen LogP contribution in [0.5, 0.6) is 0 Å². The Balaban J connectivity index is 1.99. The highest BCUT2D eigenvalue weighted by Crippen LogP contribution is 2.30. The lowest BCUT2D eigenvalue weighted by Crippen LogP contribution is -2.21. The van der Waals surface area contributed by atoms with E-state index in [0.717, 1.165) is 0 Å². The zero-order valence-corrected chi connectivity index (χ0v) is 11.3. The number of hydrogen-bond acceptors (Lipinski definition) is 3. The molecule has 1 N–H and O–H groups in total. The minimum absolute atomic E-state index is 0.0259. The Kier molecular flexibility index (Phi) is 2.63. The van der Waals surface area contributed by atoms with Gasteiger partial charge in [0, 0.05) is 0 Å². The fourth-order valence-electron chi connectivity index (χ4n) is 2.76. The lowest BCUT2D eigenvalue weighted by molar-refractivity contribution is 0.0938. The van der Waals surface area contributed by atoms with Crippen molar-refractivity contribution in [2.75, 3.05) is 0 Å². The average Bonchev–Trinajstić information content (AvgIpc) is 2.86. The van der Waals surface area contributed by atoms with Gasteiger partial charge in [-0.3, -0.25) is 9.59 Å². The lowest BCUT2D eigenvalue weighted by Gasteiger charge is -2.11. The monoisotopic (exact) mass is 295 g/mol. The van der Waals surface area contributed by atoms with E-state index in [-0.39, 0.29) is 22.6 Å². The van der Waals surface area contributed by atoms with Crippen molar-refractivity contribution in [3.05, 3.63) is 81.5 Å². The zero-order valence-electron chi connectivity index (χ0n) is 11.3. The molecule has 22 heavy (non-hydrogen) atoms. The van der Waals surface area contributed by atoms with E-state index in [1.807, 2.05) is 0 Å². The Morgan fingerprint density at radius 2 is 1.73 bits per heavy atom. The summed E-state index contributed by atoms with van der Waals surface area (Å²) in [5.74, 6) is -0.788. The first-order chi connectivity index (χ1) is 10.6. The normalized spacial score (nSPS) is 16.6. The Hall–Kier alpha value is -2.95. The van der Waals surface area contributed by atoms with Crippen molar-refractivity contribution >= 4 is 16.9 Å². The van der Waals surface area contributed by atoms with Crippen molar-refractivity contribution in [1.82, 2.24) is 5.32 Å². The third-order valence-electron chi connectivity index (χ3n) is 3.81. The van der Waals surface area contributed by atoms with E-state index in [4.69, 9.17) is 4.42 Å². The molecule has 5 heteroatoms. The Morgan fingerprint density at radius 3 is 2.50 bits per heavy atom. The van der Waals surface area contributed by atoms with Crippen LogP contribution in [0.3, 0.4) is 0 Å². The van der Waals surface area contributed by atoms with Crippen LogP contribution < -0.4 is 10.7 Å². The molecule has 0 bridgehead atoms. The summed E-state index contributed by atoms with van der Waals surface area (Å²) in [6.45, 7) is 0. The van der Waals surface area contributed by atoms with Crippen LogP contribution >= 0.6 is 0 Å². The minimum Gasteiger partial charge on any atom is -0.450 e. The number of carbonyl (C=O) groups excluding carboxylic acids is 1. The van der Waals surface area contributed by atoms with Crippen molar-refractivity contribution in [2.45, 2.75) is 6.04 Å². The van der Waals surface area contributed by atoms with Gasteiger partial charge in [-0.1, -0.05) is 24.3 Å². The highest BCUT2D eigenvalue weighted by molar-refractivity contribution is 5.98. The van der Waals surface area contributed by atoms with Gasteiger partial charge in [0.05, 0.1) is 17.0 Å². The Labute approximate surface area is 124 Å². The summed E-state index contributed by atoms with van der Waals surface area (Å²) in [6, 6.07) is 11.8. The van der Waals surface area contributed by atoms with E-state index in [2.05, 4.69) is 5.32 Å². The molecular formula is C17H10FNO3. The summed E-state index contributed by atoms with van der Waals surface area (Å²) in [4.78, 5) is 24.8. The smallest absolute Gasteiger partial charge is 0.288 e. The standard InChI is InChI=1S/C17H10FNO3/c18-10-7-5-9(6-8-10)14-13-15(20)11-3-1-2-4-12(11)22-16(13)17(21)19-14/h1-8,14H,(H,19,21)/t14-/m1/s1. The molecule has 1 aliphatic heterocycles. The van der Waals surface area contributed by atoms with E-state index in [9.17, 15) is 14.0 Å². The molecule has 1 aliphatic rings. The van der Waals surface area contributed by atoms with Gasteiger partial charge in [-0.15, -0.1) is 0 Å². The summed E-state index contributed by atoms with van der Waals surface area (Å²) in [5.41, 5.74) is 1.04. The van der Waals surface area contributed by atoms with Gasteiger partial charge in [-0.25, -0.2) is 4.39 Å². The molecule has 0 saturated heterocycles. The predicted molar refractivity (Wildman–Crippen MR) is 78.2 cm³/mol. The van der Waals surface area contributed by atoms with Crippen molar-refractivity contribution in [1.29, 1.82) is 0 Å². The van der Waals surface area contributed by atoms with E-state index >= 15 is 0 Å². The first-order valence-electron chi connectivity index (χ1n) is 6.77. The number of amides is 1. The van der Waals surface area contributed by atoms with Crippen molar-refractivity contribution < 1.29 is 13.6 Å². The topological polar surface area (TPSA) is 59.3 Å². The quantitative estimate of drug-likeness (QED) is 0.751. The molecule has 3 aromatic rings. The van der Waals surface area contributed by atoms with Gasteiger partial charge >= 0.3 is 0 Å². The van der Waals surface area contributed by atoms with Gasteiger partial charge < -0.3 is 9.73 Å². The molecule has 0 unspecified atom stereocenters. The zero-order chi connectivity index (χ0) is 15.3. The molecule has 1 aromatic heterocycles. The first-order valence-corrected chi connectivity index (χ1v) is 6.77. The molecule has 0 aliphatic carbocycles. The number of benzene rings is 2. The number of hydrogen-bond donors (Lipinski definition) is 1. The van der Waals surface area contributed by atoms with Gasteiger partial charge in [0.1, 0.15) is 11.4 Å². The second-order valence-electron chi connectivity index (χ2n) is 5.13. The summed E-state index contributed by atoms with van der Waals surface area (Å²) in [5, 5.41) is 3.14. The highest BCUT2D eigenvalue weighted by Gasteiger charge is 2.35. The molecule has 4 nitrogen and oxygen atoms in total. The summed E-state index contributed by atoms with van der Waals surface area (Å²) < 4.78 is 18.7. The molecule has 2 heterocycles. The largest absolute Gasteiger partial charge is 0.450 e. The molecule has 1 atom stereocenters. The lowest BCUT2D eigenvalue weighted by atomic mass is 9.99. The van der Waals surface area contributed by atoms with Crippen molar-refractivity contribution in [2.24, 2.45) is 0 Å². The summed E-state index contributed by atoms with van der Waals surface area (Å²) in [7, 11) is 0. The van der Waals surface area contributed by atoms with E-state index in [0.29, 0.717) is 16.5 Å².